The Labute approximate surface area is 220 Å². The summed E-state index contributed by atoms with van der Waals surface area (Å²) in [5, 5.41) is 0. The van der Waals surface area contributed by atoms with Crippen molar-refractivity contribution in [2.75, 3.05) is 14.2 Å². The minimum atomic E-state index is -0.399. The molecule has 0 bridgehead atoms. The molecule has 5 nitrogen and oxygen atoms in total. The third kappa shape index (κ3) is 4.60. The van der Waals surface area contributed by atoms with Gasteiger partial charge in [0.15, 0.2) is 23.1 Å². The van der Waals surface area contributed by atoms with E-state index in [1.165, 1.54) is 0 Å². The highest BCUT2D eigenvalue weighted by atomic mass is 16.5. The Bertz CT molecular complexity index is 1260. The molecule has 2 aromatic rings. The zero-order valence-corrected chi connectivity index (χ0v) is 22.8. The smallest absolute Gasteiger partial charge is 0.162 e. The second kappa shape index (κ2) is 9.20. The lowest BCUT2D eigenvalue weighted by atomic mass is 9.63. The number of ether oxygens (including phenoxy) is 2. The quantitative estimate of drug-likeness (QED) is 0.465. The number of carbonyl (C=O) groups excluding carboxylic acids is 2. The average Bonchev–Trinajstić information content (AvgIpc) is 2.83. The zero-order valence-electron chi connectivity index (χ0n) is 22.8. The van der Waals surface area contributed by atoms with Gasteiger partial charge in [-0.2, -0.15) is 0 Å². The molecule has 1 heterocycles. The summed E-state index contributed by atoms with van der Waals surface area (Å²) in [4.78, 5) is 30.2. The van der Waals surface area contributed by atoms with Gasteiger partial charge in [0.05, 0.1) is 14.2 Å². The van der Waals surface area contributed by atoms with Gasteiger partial charge in [0.2, 0.25) is 0 Å². The summed E-state index contributed by atoms with van der Waals surface area (Å²) in [5.41, 5.74) is 5.43. The van der Waals surface area contributed by atoms with E-state index in [-0.39, 0.29) is 22.4 Å². The monoisotopic (exact) mass is 499 g/mol. The van der Waals surface area contributed by atoms with Crippen molar-refractivity contribution >= 4 is 11.6 Å². The maximum absolute atomic E-state index is 13.9. The molecule has 0 amide bonds. The second-order valence-corrected chi connectivity index (χ2v) is 12.2. The van der Waals surface area contributed by atoms with Crippen LogP contribution in [0.15, 0.2) is 71.1 Å². The average molecular weight is 500 g/mol. The fourth-order valence-electron chi connectivity index (χ4n) is 6.37. The van der Waals surface area contributed by atoms with Gasteiger partial charge in [0.1, 0.15) is 0 Å². The van der Waals surface area contributed by atoms with E-state index in [9.17, 15) is 9.59 Å². The zero-order chi connectivity index (χ0) is 26.5. The van der Waals surface area contributed by atoms with E-state index in [0.29, 0.717) is 30.9 Å². The van der Waals surface area contributed by atoms with Gasteiger partial charge in [-0.1, -0.05) is 64.1 Å². The Balaban J connectivity index is 1.77. The molecule has 0 spiro atoms. The van der Waals surface area contributed by atoms with Crippen molar-refractivity contribution < 1.29 is 19.1 Å². The highest BCUT2D eigenvalue weighted by Crippen LogP contribution is 2.55. The van der Waals surface area contributed by atoms with Gasteiger partial charge >= 0.3 is 0 Å². The van der Waals surface area contributed by atoms with Crippen LogP contribution in [0.4, 0.5) is 0 Å². The van der Waals surface area contributed by atoms with Crippen molar-refractivity contribution in [1.29, 1.82) is 0 Å². The van der Waals surface area contributed by atoms with Crippen LogP contribution in [0, 0.1) is 10.8 Å². The van der Waals surface area contributed by atoms with Crippen molar-refractivity contribution in [3.05, 3.63) is 82.2 Å². The number of carbonyl (C=O) groups is 2. The number of ketones is 2. The summed E-state index contributed by atoms with van der Waals surface area (Å²) in [5.74, 6) is 1.09. The van der Waals surface area contributed by atoms with Crippen molar-refractivity contribution in [2.24, 2.45) is 10.8 Å². The first-order chi connectivity index (χ1) is 17.5. The lowest BCUT2D eigenvalue weighted by Crippen LogP contribution is -2.44. The third-order valence-electron chi connectivity index (χ3n) is 7.95. The van der Waals surface area contributed by atoms with E-state index >= 15 is 0 Å². The molecule has 2 aromatic carbocycles. The molecular formula is C32H37NO4. The van der Waals surface area contributed by atoms with Crippen LogP contribution in [0.1, 0.15) is 70.4 Å². The number of nitrogens with zero attached hydrogens (tertiary/aromatic N) is 1. The topological polar surface area (TPSA) is 55.8 Å². The van der Waals surface area contributed by atoms with Crippen LogP contribution in [-0.2, 0) is 16.1 Å². The molecule has 5 rings (SSSR count). The lowest BCUT2D eigenvalue weighted by molar-refractivity contribution is -0.119. The minimum absolute atomic E-state index is 0.133. The molecule has 3 aliphatic rings. The second-order valence-electron chi connectivity index (χ2n) is 12.2. The molecule has 2 aliphatic carbocycles. The first-order valence-electron chi connectivity index (χ1n) is 13.1. The molecule has 0 atom stereocenters. The van der Waals surface area contributed by atoms with Crippen LogP contribution in [0.2, 0.25) is 0 Å². The predicted octanol–water partition coefficient (Wildman–Crippen LogP) is 6.59. The number of rotatable bonds is 5. The lowest BCUT2D eigenvalue weighted by Gasteiger charge is -2.49. The standard InChI is InChI=1S/C32H37NO4/c1-31(2)15-22-29(24(34)17-31)28(21-12-13-26(36-5)27(14-21)37-6)30-23(16-32(3,4)18-25(30)35)33(22)19-20-10-8-7-9-11-20/h7-14,28H,15-19H2,1-6H3. The summed E-state index contributed by atoms with van der Waals surface area (Å²) in [7, 11) is 3.22. The molecule has 0 N–H and O–H groups in total. The van der Waals surface area contributed by atoms with Gasteiger partial charge in [0, 0.05) is 47.8 Å². The maximum atomic E-state index is 13.9. The van der Waals surface area contributed by atoms with Crippen LogP contribution < -0.4 is 9.47 Å². The van der Waals surface area contributed by atoms with Crippen LogP contribution in [-0.4, -0.2) is 30.7 Å². The molecule has 0 unspecified atom stereocenters. The molecule has 37 heavy (non-hydrogen) atoms. The van der Waals surface area contributed by atoms with E-state index in [2.05, 4.69) is 44.7 Å². The van der Waals surface area contributed by atoms with E-state index in [1.807, 2.05) is 36.4 Å². The van der Waals surface area contributed by atoms with Gasteiger partial charge in [-0.3, -0.25) is 9.59 Å². The van der Waals surface area contributed by atoms with E-state index in [1.54, 1.807) is 14.2 Å². The van der Waals surface area contributed by atoms with Crippen molar-refractivity contribution in [3.8, 4) is 11.5 Å². The Morgan fingerprint density at radius 3 is 1.81 bits per heavy atom. The number of benzene rings is 2. The normalized spacial score (nSPS) is 21.1. The van der Waals surface area contributed by atoms with Crippen LogP contribution in [0.5, 0.6) is 11.5 Å². The molecule has 1 aliphatic heterocycles. The summed E-state index contributed by atoms with van der Waals surface area (Å²) in [6.45, 7) is 9.31. The van der Waals surface area contributed by atoms with Crippen molar-refractivity contribution in [3.63, 3.8) is 0 Å². The van der Waals surface area contributed by atoms with Crippen molar-refractivity contribution in [1.82, 2.24) is 4.90 Å². The molecular weight excluding hydrogens is 462 g/mol. The first kappa shape index (κ1) is 25.3. The Hall–Kier alpha value is -3.34. The van der Waals surface area contributed by atoms with Gasteiger partial charge in [0.25, 0.3) is 0 Å². The number of Topliss-reactive ketones (excluding diaryl/α,β-unsaturated/α-hetero) is 2. The first-order valence-corrected chi connectivity index (χ1v) is 13.1. The molecule has 5 heteroatoms. The number of hydrogen-bond acceptors (Lipinski definition) is 5. The van der Waals surface area contributed by atoms with E-state index < -0.39 is 5.92 Å². The number of allylic oxidation sites excluding steroid dienone is 4. The Morgan fingerprint density at radius 1 is 0.757 bits per heavy atom. The van der Waals surface area contributed by atoms with Crippen LogP contribution in [0.3, 0.4) is 0 Å². The fourth-order valence-corrected chi connectivity index (χ4v) is 6.37. The van der Waals surface area contributed by atoms with Gasteiger partial charge in [-0.15, -0.1) is 0 Å². The summed E-state index contributed by atoms with van der Waals surface area (Å²) < 4.78 is 11.1. The molecule has 0 saturated heterocycles. The SMILES string of the molecule is COc1ccc(C2C3=C(CC(C)(C)CC3=O)N(Cc3ccccc3)C3=C2C(=O)CC(C)(C)C3)cc1OC. The molecule has 0 saturated carbocycles. The summed E-state index contributed by atoms with van der Waals surface area (Å²) in [6.07, 6.45) is 2.51. The van der Waals surface area contributed by atoms with Gasteiger partial charge in [-0.25, -0.2) is 0 Å². The van der Waals surface area contributed by atoms with Crippen LogP contribution in [0.25, 0.3) is 0 Å². The number of hydrogen-bond donors (Lipinski definition) is 0. The number of methoxy groups -OCH3 is 2. The predicted molar refractivity (Wildman–Crippen MR) is 144 cm³/mol. The van der Waals surface area contributed by atoms with Gasteiger partial charge < -0.3 is 14.4 Å². The molecule has 194 valence electrons. The van der Waals surface area contributed by atoms with Crippen molar-refractivity contribution in [2.45, 2.75) is 65.8 Å². The molecule has 0 aromatic heterocycles. The van der Waals surface area contributed by atoms with E-state index in [4.69, 9.17) is 9.47 Å². The summed E-state index contributed by atoms with van der Waals surface area (Å²) in [6, 6.07) is 16.1. The Morgan fingerprint density at radius 2 is 1.30 bits per heavy atom. The minimum Gasteiger partial charge on any atom is -0.493 e. The highest BCUT2D eigenvalue weighted by molar-refractivity contribution is 6.06. The molecule has 0 radical (unpaired) electrons. The fraction of sp³-hybridized carbons (Fsp3) is 0.438. The summed E-state index contributed by atoms with van der Waals surface area (Å²) >= 11 is 0. The largest absolute Gasteiger partial charge is 0.493 e. The highest BCUT2D eigenvalue weighted by Gasteiger charge is 2.49. The van der Waals surface area contributed by atoms with Gasteiger partial charge in [-0.05, 0) is 46.9 Å². The Kier molecular flexibility index (Phi) is 6.29. The van der Waals surface area contributed by atoms with Crippen LogP contribution >= 0.6 is 0 Å². The van der Waals surface area contributed by atoms with E-state index in [0.717, 1.165) is 46.5 Å². The third-order valence-corrected chi connectivity index (χ3v) is 7.95. The molecule has 0 fully saturated rings. The maximum Gasteiger partial charge on any atom is 0.162 e.